The zero-order chi connectivity index (χ0) is 15.1. The summed E-state index contributed by atoms with van der Waals surface area (Å²) in [7, 11) is 4.04. The fourth-order valence-corrected chi connectivity index (χ4v) is 2.33. The molecular formula is C16H25N3O2. The summed E-state index contributed by atoms with van der Waals surface area (Å²) in [6.07, 6.45) is 0.923. The van der Waals surface area contributed by atoms with E-state index in [1.54, 1.807) is 0 Å². The van der Waals surface area contributed by atoms with E-state index in [1.807, 2.05) is 38.4 Å². The summed E-state index contributed by atoms with van der Waals surface area (Å²) in [6, 6.07) is 7.88. The number of rotatable bonds is 7. The van der Waals surface area contributed by atoms with Gasteiger partial charge < -0.3 is 20.3 Å². The Kier molecular flexibility index (Phi) is 6.02. The molecule has 0 aromatic heterocycles. The van der Waals surface area contributed by atoms with Gasteiger partial charge in [-0.25, -0.2) is 0 Å². The zero-order valence-corrected chi connectivity index (χ0v) is 12.9. The molecule has 21 heavy (non-hydrogen) atoms. The molecule has 1 amide bonds. The molecule has 1 aliphatic rings. The minimum atomic E-state index is 0.104. The van der Waals surface area contributed by atoms with Crippen molar-refractivity contribution in [3.8, 4) is 5.75 Å². The Morgan fingerprint density at radius 2 is 2.24 bits per heavy atom. The molecule has 0 radical (unpaired) electrons. The van der Waals surface area contributed by atoms with Gasteiger partial charge in [0, 0.05) is 25.2 Å². The number of benzene rings is 1. The summed E-state index contributed by atoms with van der Waals surface area (Å²) in [5.41, 5.74) is 1.02. The van der Waals surface area contributed by atoms with Crippen molar-refractivity contribution in [3.05, 3.63) is 29.8 Å². The van der Waals surface area contributed by atoms with Gasteiger partial charge in [0.15, 0.2) is 0 Å². The van der Waals surface area contributed by atoms with Crippen molar-refractivity contribution >= 4 is 5.91 Å². The Morgan fingerprint density at radius 3 is 2.95 bits per heavy atom. The second-order valence-corrected chi connectivity index (χ2v) is 5.67. The van der Waals surface area contributed by atoms with Gasteiger partial charge in [0.1, 0.15) is 12.4 Å². The molecule has 5 heteroatoms. The van der Waals surface area contributed by atoms with E-state index in [4.69, 9.17) is 4.74 Å². The van der Waals surface area contributed by atoms with Crippen molar-refractivity contribution in [2.45, 2.75) is 13.0 Å². The highest BCUT2D eigenvalue weighted by molar-refractivity contribution is 5.79. The third-order valence-corrected chi connectivity index (χ3v) is 3.65. The fourth-order valence-electron chi connectivity index (χ4n) is 2.33. The van der Waals surface area contributed by atoms with Gasteiger partial charge in [-0.3, -0.25) is 4.79 Å². The standard InChI is InChI=1S/C16H25N3O2/c1-19(2)9-10-21-15-6-4-3-5-13(15)12-18-16(20)14-7-8-17-11-14/h3-6,14,17H,7-12H2,1-2H3,(H,18,20). The molecule has 1 aromatic rings. The maximum Gasteiger partial charge on any atom is 0.224 e. The lowest BCUT2D eigenvalue weighted by atomic mass is 10.1. The summed E-state index contributed by atoms with van der Waals surface area (Å²) in [6.45, 7) is 3.75. The number of likely N-dealkylation sites (N-methyl/N-ethyl adjacent to an activating group) is 1. The van der Waals surface area contributed by atoms with Gasteiger partial charge in [-0.1, -0.05) is 18.2 Å². The number of nitrogens with zero attached hydrogens (tertiary/aromatic N) is 1. The van der Waals surface area contributed by atoms with E-state index in [0.29, 0.717) is 13.2 Å². The Bertz CT molecular complexity index is 457. The molecule has 1 aliphatic heterocycles. The summed E-state index contributed by atoms with van der Waals surface area (Å²) in [4.78, 5) is 14.1. The van der Waals surface area contributed by atoms with Crippen LogP contribution in [0.4, 0.5) is 0 Å². The molecule has 0 bridgehead atoms. The Balaban J connectivity index is 1.85. The molecule has 1 heterocycles. The van der Waals surface area contributed by atoms with Gasteiger partial charge in [0.05, 0.1) is 5.92 Å². The Hall–Kier alpha value is -1.59. The van der Waals surface area contributed by atoms with Crippen LogP contribution in [0.2, 0.25) is 0 Å². The molecule has 1 atom stereocenters. The van der Waals surface area contributed by atoms with Gasteiger partial charge in [0.25, 0.3) is 0 Å². The summed E-state index contributed by atoms with van der Waals surface area (Å²) >= 11 is 0. The quantitative estimate of drug-likeness (QED) is 0.782. The smallest absolute Gasteiger partial charge is 0.224 e. The van der Waals surface area contributed by atoms with Crippen LogP contribution in [0.15, 0.2) is 24.3 Å². The highest BCUT2D eigenvalue weighted by Gasteiger charge is 2.22. The van der Waals surface area contributed by atoms with Gasteiger partial charge in [-0.15, -0.1) is 0 Å². The first kappa shape index (κ1) is 15.8. The summed E-state index contributed by atoms with van der Waals surface area (Å²) in [5, 5.41) is 6.22. The molecular weight excluding hydrogens is 266 g/mol. The minimum absolute atomic E-state index is 0.104. The van der Waals surface area contributed by atoms with Crippen molar-refractivity contribution in [1.82, 2.24) is 15.5 Å². The van der Waals surface area contributed by atoms with Gasteiger partial charge in [0.2, 0.25) is 5.91 Å². The van der Waals surface area contributed by atoms with E-state index in [0.717, 1.165) is 37.4 Å². The van der Waals surface area contributed by atoms with Crippen molar-refractivity contribution in [3.63, 3.8) is 0 Å². The van der Waals surface area contributed by atoms with E-state index in [-0.39, 0.29) is 11.8 Å². The van der Waals surface area contributed by atoms with Crippen LogP contribution in [0.25, 0.3) is 0 Å². The third kappa shape index (κ3) is 5.02. The van der Waals surface area contributed by atoms with Crippen molar-refractivity contribution in [2.24, 2.45) is 5.92 Å². The average Bonchev–Trinajstić information content (AvgIpc) is 3.00. The number of carbonyl (C=O) groups excluding carboxylic acids is 1. The molecule has 0 aliphatic carbocycles. The second-order valence-electron chi connectivity index (χ2n) is 5.67. The average molecular weight is 291 g/mol. The molecule has 116 valence electrons. The van der Waals surface area contributed by atoms with E-state index in [2.05, 4.69) is 15.5 Å². The number of nitrogens with one attached hydrogen (secondary N) is 2. The summed E-state index contributed by atoms with van der Waals surface area (Å²) < 4.78 is 5.80. The predicted octanol–water partition coefficient (Wildman–Crippen LogP) is 0.853. The zero-order valence-electron chi connectivity index (χ0n) is 12.9. The maximum absolute atomic E-state index is 12.0. The van der Waals surface area contributed by atoms with Crippen molar-refractivity contribution < 1.29 is 9.53 Å². The molecule has 2 N–H and O–H groups in total. The Morgan fingerprint density at radius 1 is 1.43 bits per heavy atom. The topological polar surface area (TPSA) is 53.6 Å². The highest BCUT2D eigenvalue weighted by atomic mass is 16.5. The van der Waals surface area contributed by atoms with E-state index in [9.17, 15) is 4.79 Å². The van der Waals surface area contributed by atoms with E-state index < -0.39 is 0 Å². The normalized spacial score (nSPS) is 18.0. The van der Waals surface area contributed by atoms with Crippen LogP contribution in [-0.2, 0) is 11.3 Å². The molecule has 1 saturated heterocycles. The van der Waals surface area contributed by atoms with Crippen LogP contribution in [0, 0.1) is 5.92 Å². The first-order valence-electron chi connectivity index (χ1n) is 7.50. The summed E-state index contributed by atoms with van der Waals surface area (Å²) in [5.74, 6) is 1.08. The van der Waals surface area contributed by atoms with Crippen LogP contribution in [-0.4, -0.2) is 51.1 Å². The Labute approximate surface area is 126 Å². The van der Waals surface area contributed by atoms with Gasteiger partial charge >= 0.3 is 0 Å². The molecule has 1 unspecified atom stereocenters. The fraction of sp³-hybridized carbons (Fsp3) is 0.562. The molecule has 1 aromatic carbocycles. The molecule has 0 saturated carbocycles. The number of para-hydroxylation sites is 1. The number of carbonyl (C=O) groups is 1. The molecule has 2 rings (SSSR count). The van der Waals surface area contributed by atoms with Crippen LogP contribution < -0.4 is 15.4 Å². The van der Waals surface area contributed by atoms with Crippen LogP contribution in [0.5, 0.6) is 5.75 Å². The maximum atomic E-state index is 12.0. The van der Waals surface area contributed by atoms with E-state index >= 15 is 0 Å². The first-order chi connectivity index (χ1) is 10.2. The number of ether oxygens (including phenoxy) is 1. The van der Waals surface area contributed by atoms with Crippen molar-refractivity contribution in [2.75, 3.05) is 40.3 Å². The van der Waals surface area contributed by atoms with Crippen LogP contribution >= 0.6 is 0 Å². The van der Waals surface area contributed by atoms with Crippen LogP contribution in [0.1, 0.15) is 12.0 Å². The number of amides is 1. The SMILES string of the molecule is CN(C)CCOc1ccccc1CNC(=O)C1CCNC1. The van der Waals surface area contributed by atoms with E-state index in [1.165, 1.54) is 0 Å². The van der Waals surface area contributed by atoms with Crippen LogP contribution in [0.3, 0.4) is 0 Å². The first-order valence-corrected chi connectivity index (χ1v) is 7.50. The number of hydrogen-bond donors (Lipinski definition) is 2. The second kappa shape index (κ2) is 8.00. The lowest BCUT2D eigenvalue weighted by molar-refractivity contribution is -0.124. The predicted molar refractivity (Wildman–Crippen MR) is 83.3 cm³/mol. The number of hydrogen-bond acceptors (Lipinski definition) is 4. The molecule has 0 spiro atoms. The lowest BCUT2D eigenvalue weighted by Gasteiger charge is -2.15. The van der Waals surface area contributed by atoms with Crippen molar-refractivity contribution in [1.29, 1.82) is 0 Å². The third-order valence-electron chi connectivity index (χ3n) is 3.65. The highest BCUT2D eigenvalue weighted by Crippen LogP contribution is 2.18. The lowest BCUT2D eigenvalue weighted by Crippen LogP contribution is -2.31. The van der Waals surface area contributed by atoms with Gasteiger partial charge in [-0.2, -0.15) is 0 Å². The minimum Gasteiger partial charge on any atom is -0.492 e. The largest absolute Gasteiger partial charge is 0.492 e. The molecule has 1 fully saturated rings. The van der Waals surface area contributed by atoms with Gasteiger partial charge in [-0.05, 0) is 33.1 Å². The monoisotopic (exact) mass is 291 g/mol. The molecule has 5 nitrogen and oxygen atoms in total.